The Hall–Kier alpha value is -1.55. The fourth-order valence-electron chi connectivity index (χ4n) is 3.00. The normalized spacial score (nSPS) is 26.1. The molecule has 1 aliphatic carbocycles. The van der Waals surface area contributed by atoms with E-state index in [0.29, 0.717) is 5.92 Å². The van der Waals surface area contributed by atoms with Gasteiger partial charge in [0.05, 0.1) is 12.1 Å². The molecule has 1 aromatic rings. The smallest absolute Gasteiger partial charge is 0.319 e. The van der Waals surface area contributed by atoms with E-state index in [2.05, 4.69) is 17.6 Å². The topological polar surface area (TPSA) is 61.4 Å². The van der Waals surface area contributed by atoms with Crippen LogP contribution in [0.1, 0.15) is 38.2 Å². The fraction of sp³-hybridized carbons (Fsp3) is 0.562. The first kappa shape index (κ1) is 14.9. The molecule has 0 heterocycles. The first-order valence-corrected chi connectivity index (χ1v) is 7.30. The van der Waals surface area contributed by atoms with Crippen molar-refractivity contribution in [2.45, 2.75) is 45.1 Å². The van der Waals surface area contributed by atoms with Crippen molar-refractivity contribution in [3.63, 3.8) is 0 Å². The minimum Gasteiger partial charge on any atom is -0.394 e. The van der Waals surface area contributed by atoms with Gasteiger partial charge in [0.25, 0.3) is 0 Å². The second-order valence-corrected chi connectivity index (χ2v) is 6.09. The van der Waals surface area contributed by atoms with Gasteiger partial charge in [-0.1, -0.05) is 37.5 Å². The van der Waals surface area contributed by atoms with Gasteiger partial charge in [0.1, 0.15) is 0 Å². The molecule has 0 bridgehead atoms. The molecule has 0 radical (unpaired) electrons. The molecule has 1 aliphatic rings. The summed E-state index contributed by atoms with van der Waals surface area (Å²) < 4.78 is 0. The lowest BCUT2D eigenvalue weighted by Gasteiger charge is -2.39. The van der Waals surface area contributed by atoms with Gasteiger partial charge in [-0.2, -0.15) is 0 Å². The molecule has 1 fully saturated rings. The number of urea groups is 1. The highest BCUT2D eigenvalue weighted by atomic mass is 16.3. The molecule has 110 valence electrons. The average Bonchev–Trinajstić information content (AvgIpc) is 2.41. The van der Waals surface area contributed by atoms with Crippen molar-refractivity contribution >= 4 is 11.7 Å². The van der Waals surface area contributed by atoms with Crippen LogP contribution in [0.2, 0.25) is 0 Å². The number of amides is 2. The molecule has 4 nitrogen and oxygen atoms in total. The Morgan fingerprint density at radius 3 is 2.70 bits per heavy atom. The number of aryl methyl sites for hydroxylation is 1. The van der Waals surface area contributed by atoms with Crippen molar-refractivity contribution in [3.8, 4) is 0 Å². The summed E-state index contributed by atoms with van der Waals surface area (Å²) in [7, 11) is 0. The summed E-state index contributed by atoms with van der Waals surface area (Å²) in [5.74, 6) is 0.538. The predicted molar refractivity (Wildman–Crippen MR) is 80.8 cm³/mol. The molecule has 4 heteroatoms. The summed E-state index contributed by atoms with van der Waals surface area (Å²) >= 11 is 0. The summed E-state index contributed by atoms with van der Waals surface area (Å²) in [6.45, 7) is 4.18. The minimum atomic E-state index is -0.466. The molecule has 1 saturated carbocycles. The molecular formula is C16H24N2O2. The van der Waals surface area contributed by atoms with Crippen LogP contribution in [0, 0.1) is 12.8 Å². The number of aliphatic hydroxyl groups is 1. The van der Waals surface area contributed by atoms with E-state index in [9.17, 15) is 9.90 Å². The van der Waals surface area contributed by atoms with Crippen LogP contribution in [0.5, 0.6) is 0 Å². The van der Waals surface area contributed by atoms with Gasteiger partial charge in [-0.3, -0.25) is 0 Å². The molecule has 0 aromatic heterocycles. The number of anilines is 1. The van der Waals surface area contributed by atoms with Gasteiger partial charge in [-0.25, -0.2) is 4.79 Å². The van der Waals surface area contributed by atoms with Crippen LogP contribution in [0.3, 0.4) is 0 Å². The quantitative estimate of drug-likeness (QED) is 0.794. The van der Waals surface area contributed by atoms with E-state index in [1.807, 2.05) is 31.2 Å². The Balaban J connectivity index is 1.97. The highest BCUT2D eigenvalue weighted by Gasteiger charge is 2.35. The van der Waals surface area contributed by atoms with Gasteiger partial charge in [0, 0.05) is 5.69 Å². The van der Waals surface area contributed by atoms with Crippen LogP contribution in [0.4, 0.5) is 10.5 Å². The monoisotopic (exact) mass is 276 g/mol. The zero-order chi connectivity index (χ0) is 14.6. The predicted octanol–water partition coefficient (Wildman–Crippen LogP) is 3.06. The first-order valence-electron chi connectivity index (χ1n) is 7.30. The van der Waals surface area contributed by atoms with E-state index in [1.165, 1.54) is 6.42 Å². The Morgan fingerprint density at radius 2 is 2.10 bits per heavy atom. The molecule has 1 aromatic carbocycles. The van der Waals surface area contributed by atoms with Gasteiger partial charge in [-0.05, 0) is 37.8 Å². The highest BCUT2D eigenvalue weighted by Crippen LogP contribution is 2.32. The van der Waals surface area contributed by atoms with Crippen molar-refractivity contribution < 1.29 is 9.90 Å². The maximum atomic E-state index is 12.1. The number of carbonyl (C=O) groups is 1. The molecular weight excluding hydrogens is 252 g/mol. The van der Waals surface area contributed by atoms with Gasteiger partial charge in [0.2, 0.25) is 0 Å². The lowest BCUT2D eigenvalue weighted by atomic mass is 9.77. The second kappa shape index (κ2) is 6.27. The van der Waals surface area contributed by atoms with Crippen LogP contribution in [-0.4, -0.2) is 23.3 Å². The highest BCUT2D eigenvalue weighted by molar-refractivity contribution is 5.89. The molecule has 0 saturated heterocycles. The molecule has 0 aliphatic heterocycles. The van der Waals surface area contributed by atoms with Crippen molar-refractivity contribution in [1.82, 2.24) is 5.32 Å². The van der Waals surface area contributed by atoms with Crippen LogP contribution >= 0.6 is 0 Å². The van der Waals surface area contributed by atoms with E-state index in [4.69, 9.17) is 0 Å². The van der Waals surface area contributed by atoms with Crippen molar-refractivity contribution in [3.05, 3.63) is 29.8 Å². The molecule has 2 atom stereocenters. The summed E-state index contributed by atoms with van der Waals surface area (Å²) in [5, 5.41) is 15.5. The largest absolute Gasteiger partial charge is 0.394 e. The number of benzene rings is 1. The first-order chi connectivity index (χ1) is 9.53. The van der Waals surface area contributed by atoms with Gasteiger partial charge >= 0.3 is 6.03 Å². The van der Waals surface area contributed by atoms with E-state index in [1.54, 1.807) is 0 Å². The molecule has 2 amide bonds. The van der Waals surface area contributed by atoms with Crippen molar-refractivity contribution in [2.24, 2.45) is 5.92 Å². The molecule has 3 N–H and O–H groups in total. The fourth-order valence-corrected chi connectivity index (χ4v) is 3.00. The van der Waals surface area contributed by atoms with E-state index < -0.39 is 5.54 Å². The zero-order valence-electron chi connectivity index (χ0n) is 12.3. The Kier molecular flexibility index (Phi) is 4.65. The SMILES string of the molecule is Cc1ccc(NC(=O)NC2(CO)CCCC(C)C2)cc1. The van der Waals surface area contributed by atoms with Gasteiger partial charge in [-0.15, -0.1) is 0 Å². The van der Waals surface area contributed by atoms with Crippen LogP contribution in [-0.2, 0) is 0 Å². The Morgan fingerprint density at radius 1 is 1.40 bits per heavy atom. The summed E-state index contributed by atoms with van der Waals surface area (Å²) in [6, 6.07) is 7.44. The number of hydrogen-bond acceptors (Lipinski definition) is 2. The van der Waals surface area contributed by atoms with Crippen molar-refractivity contribution in [1.29, 1.82) is 0 Å². The van der Waals surface area contributed by atoms with Crippen LogP contribution in [0.15, 0.2) is 24.3 Å². The van der Waals surface area contributed by atoms with Gasteiger partial charge < -0.3 is 15.7 Å². The summed E-state index contributed by atoms with van der Waals surface area (Å²) in [5.41, 5.74) is 1.46. The van der Waals surface area contributed by atoms with Crippen LogP contribution in [0.25, 0.3) is 0 Å². The lowest BCUT2D eigenvalue weighted by molar-refractivity contribution is 0.108. The van der Waals surface area contributed by atoms with E-state index in [0.717, 1.165) is 30.5 Å². The third-order valence-corrected chi connectivity index (χ3v) is 4.08. The third-order valence-electron chi connectivity index (χ3n) is 4.08. The van der Waals surface area contributed by atoms with E-state index >= 15 is 0 Å². The maximum absolute atomic E-state index is 12.1. The average molecular weight is 276 g/mol. The number of nitrogens with one attached hydrogen (secondary N) is 2. The van der Waals surface area contributed by atoms with Gasteiger partial charge in [0.15, 0.2) is 0 Å². The molecule has 0 spiro atoms. The molecule has 2 rings (SSSR count). The lowest BCUT2D eigenvalue weighted by Crippen LogP contribution is -2.55. The Labute approximate surface area is 120 Å². The maximum Gasteiger partial charge on any atom is 0.319 e. The zero-order valence-corrected chi connectivity index (χ0v) is 12.3. The number of aliphatic hydroxyl groups excluding tert-OH is 1. The minimum absolute atomic E-state index is 0.00133. The second-order valence-electron chi connectivity index (χ2n) is 6.09. The van der Waals surface area contributed by atoms with Crippen molar-refractivity contribution in [2.75, 3.05) is 11.9 Å². The molecule has 2 unspecified atom stereocenters. The number of rotatable bonds is 3. The third kappa shape index (κ3) is 3.73. The summed E-state index contributed by atoms with van der Waals surface area (Å²) in [4.78, 5) is 12.1. The van der Waals surface area contributed by atoms with Crippen LogP contribution < -0.4 is 10.6 Å². The molecule has 20 heavy (non-hydrogen) atoms. The summed E-state index contributed by atoms with van der Waals surface area (Å²) in [6.07, 6.45) is 3.90. The Bertz CT molecular complexity index is 458. The van der Waals surface area contributed by atoms with E-state index in [-0.39, 0.29) is 12.6 Å². The number of carbonyl (C=O) groups excluding carboxylic acids is 1. The number of hydrogen-bond donors (Lipinski definition) is 3. The standard InChI is InChI=1S/C16H24N2O2/c1-12-5-7-14(8-6-12)17-15(20)18-16(11-19)9-3-4-13(2)10-16/h5-8,13,19H,3-4,9-11H2,1-2H3,(H2,17,18,20).